The Kier molecular flexibility index (Phi) is 6.84. The molecular formula is C24H22N2O3S2. The lowest BCUT2D eigenvalue weighted by molar-refractivity contribution is -0.124. The minimum atomic E-state index is -0.892. The summed E-state index contributed by atoms with van der Waals surface area (Å²) in [7, 11) is 0. The highest BCUT2D eigenvalue weighted by molar-refractivity contribution is 7.98. The topological polar surface area (TPSA) is 66.5 Å². The number of fused-ring (bicyclic) bond motifs is 1. The maximum Gasteiger partial charge on any atom is 0.262 e. The van der Waals surface area contributed by atoms with Gasteiger partial charge in [-0.05, 0) is 40.1 Å². The second kappa shape index (κ2) is 9.94. The van der Waals surface area contributed by atoms with Gasteiger partial charge in [0.05, 0.1) is 11.1 Å². The summed E-state index contributed by atoms with van der Waals surface area (Å²) in [5.41, 5.74) is 2.87. The highest BCUT2D eigenvalue weighted by Crippen LogP contribution is 2.26. The van der Waals surface area contributed by atoms with Crippen LogP contribution >= 0.6 is 23.1 Å². The Hall–Kier alpha value is -2.90. The predicted octanol–water partition coefficient (Wildman–Crippen LogP) is 4.01. The number of nitrogens with one attached hydrogen (secondary N) is 1. The molecule has 0 saturated heterocycles. The number of amides is 3. The second-order valence-corrected chi connectivity index (χ2v) is 9.09. The van der Waals surface area contributed by atoms with Crippen LogP contribution in [0.5, 0.6) is 0 Å². The van der Waals surface area contributed by atoms with Crippen molar-refractivity contribution < 1.29 is 14.4 Å². The van der Waals surface area contributed by atoms with Crippen molar-refractivity contribution in [3.63, 3.8) is 0 Å². The van der Waals surface area contributed by atoms with Gasteiger partial charge >= 0.3 is 0 Å². The molecule has 1 N–H and O–H groups in total. The van der Waals surface area contributed by atoms with Crippen molar-refractivity contribution in [2.45, 2.75) is 18.2 Å². The van der Waals surface area contributed by atoms with E-state index in [1.165, 1.54) is 5.56 Å². The standard InChI is InChI=1S/C24H22N2O3S2/c27-22(25-11-13-31-16-18-10-12-30-15-18)21(14-17-6-2-1-3-7-17)26-23(28)19-8-4-5-9-20(19)24(26)29/h1-10,12,15,21H,11,13-14,16H2,(H,25,27). The SMILES string of the molecule is O=C(NCCSCc1ccsc1)C(Cc1ccccc1)N1C(=O)c2ccccc2C1=O. The molecule has 7 heteroatoms. The van der Waals surface area contributed by atoms with Gasteiger partial charge in [-0.15, -0.1) is 0 Å². The van der Waals surface area contributed by atoms with Crippen LogP contribution in [0.4, 0.5) is 0 Å². The highest BCUT2D eigenvalue weighted by atomic mass is 32.2. The van der Waals surface area contributed by atoms with Gasteiger partial charge in [0.25, 0.3) is 11.8 Å². The zero-order valence-electron chi connectivity index (χ0n) is 16.8. The molecule has 0 bridgehead atoms. The minimum Gasteiger partial charge on any atom is -0.353 e. The van der Waals surface area contributed by atoms with Gasteiger partial charge in [0.2, 0.25) is 5.91 Å². The summed E-state index contributed by atoms with van der Waals surface area (Å²) in [6, 6.07) is 17.4. The van der Waals surface area contributed by atoms with Crippen molar-refractivity contribution in [2.75, 3.05) is 12.3 Å². The number of benzene rings is 2. The van der Waals surface area contributed by atoms with Crippen LogP contribution in [-0.4, -0.2) is 41.0 Å². The summed E-state index contributed by atoms with van der Waals surface area (Å²) >= 11 is 3.41. The molecule has 0 spiro atoms. The van der Waals surface area contributed by atoms with Crippen molar-refractivity contribution in [2.24, 2.45) is 0 Å². The summed E-state index contributed by atoms with van der Waals surface area (Å²) < 4.78 is 0. The molecule has 0 fully saturated rings. The zero-order valence-corrected chi connectivity index (χ0v) is 18.5. The van der Waals surface area contributed by atoms with E-state index in [2.05, 4.69) is 16.8 Å². The van der Waals surface area contributed by atoms with E-state index in [9.17, 15) is 14.4 Å². The second-order valence-electron chi connectivity index (χ2n) is 7.21. The van der Waals surface area contributed by atoms with E-state index in [1.54, 1.807) is 47.4 Å². The lowest BCUT2D eigenvalue weighted by Crippen LogP contribution is -2.51. The first kappa shape index (κ1) is 21.3. The van der Waals surface area contributed by atoms with Crippen LogP contribution in [0.3, 0.4) is 0 Å². The van der Waals surface area contributed by atoms with Gasteiger partial charge in [0.15, 0.2) is 0 Å². The zero-order chi connectivity index (χ0) is 21.6. The van der Waals surface area contributed by atoms with Crippen LogP contribution in [0.15, 0.2) is 71.4 Å². The number of nitrogens with zero attached hydrogens (tertiary/aromatic N) is 1. The molecule has 1 unspecified atom stereocenters. The Labute approximate surface area is 189 Å². The molecule has 0 saturated carbocycles. The first-order valence-corrected chi connectivity index (χ1v) is 12.1. The number of carbonyl (C=O) groups is 3. The smallest absolute Gasteiger partial charge is 0.262 e. The van der Waals surface area contributed by atoms with Gasteiger partial charge in [-0.3, -0.25) is 19.3 Å². The van der Waals surface area contributed by atoms with Crippen molar-refractivity contribution in [3.8, 4) is 0 Å². The van der Waals surface area contributed by atoms with E-state index in [1.807, 2.05) is 35.7 Å². The van der Waals surface area contributed by atoms with E-state index in [4.69, 9.17) is 0 Å². The molecule has 0 aliphatic carbocycles. The van der Waals surface area contributed by atoms with Gasteiger partial charge < -0.3 is 5.32 Å². The van der Waals surface area contributed by atoms with Gasteiger partial charge in [-0.25, -0.2) is 0 Å². The van der Waals surface area contributed by atoms with E-state index in [-0.39, 0.29) is 12.3 Å². The third kappa shape index (κ3) is 4.89. The number of thiophene rings is 1. The Morgan fingerprint density at radius 2 is 1.61 bits per heavy atom. The lowest BCUT2D eigenvalue weighted by Gasteiger charge is -2.25. The maximum absolute atomic E-state index is 13.1. The molecule has 2 heterocycles. The Balaban J connectivity index is 1.45. The predicted molar refractivity (Wildman–Crippen MR) is 124 cm³/mol. The fourth-order valence-electron chi connectivity index (χ4n) is 3.56. The summed E-state index contributed by atoms with van der Waals surface area (Å²) in [4.78, 5) is 40.2. The largest absolute Gasteiger partial charge is 0.353 e. The summed E-state index contributed by atoms with van der Waals surface area (Å²) in [5, 5.41) is 7.09. The molecule has 0 radical (unpaired) electrons. The third-order valence-corrected chi connectivity index (χ3v) is 6.87. The molecule has 31 heavy (non-hydrogen) atoms. The summed E-state index contributed by atoms with van der Waals surface area (Å²) in [6.07, 6.45) is 0.278. The molecule has 3 amide bonds. The summed E-state index contributed by atoms with van der Waals surface area (Å²) in [5.74, 6) is 0.508. The first-order valence-electron chi connectivity index (χ1n) is 10.0. The normalized spacial score (nSPS) is 13.9. The number of rotatable bonds is 9. The Morgan fingerprint density at radius 3 is 2.26 bits per heavy atom. The van der Waals surface area contributed by atoms with E-state index in [0.29, 0.717) is 17.7 Å². The molecule has 3 aromatic rings. The quantitative estimate of drug-likeness (QED) is 0.395. The van der Waals surface area contributed by atoms with Crippen molar-refractivity contribution in [3.05, 3.63) is 93.7 Å². The molecule has 1 aliphatic heterocycles. The van der Waals surface area contributed by atoms with Crippen LogP contribution in [0.1, 0.15) is 31.8 Å². The van der Waals surface area contributed by atoms with E-state index >= 15 is 0 Å². The van der Waals surface area contributed by atoms with Crippen LogP contribution < -0.4 is 5.32 Å². The van der Waals surface area contributed by atoms with Crippen LogP contribution in [-0.2, 0) is 17.0 Å². The maximum atomic E-state index is 13.1. The molecular weight excluding hydrogens is 428 g/mol. The molecule has 2 aromatic carbocycles. The molecule has 1 aromatic heterocycles. The lowest BCUT2D eigenvalue weighted by atomic mass is 10.0. The van der Waals surface area contributed by atoms with Crippen molar-refractivity contribution >= 4 is 40.8 Å². The van der Waals surface area contributed by atoms with E-state index in [0.717, 1.165) is 22.0 Å². The number of hydrogen-bond acceptors (Lipinski definition) is 5. The van der Waals surface area contributed by atoms with E-state index < -0.39 is 17.9 Å². The van der Waals surface area contributed by atoms with Crippen LogP contribution in [0.25, 0.3) is 0 Å². The molecule has 5 nitrogen and oxygen atoms in total. The van der Waals surface area contributed by atoms with Gasteiger partial charge in [-0.2, -0.15) is 23.1 Å². The number of thioether (sulfide) groups is 1. The number of imide groups is 1. The van der Waals surface area contributed by atoms with Crippen molar-refractivity contribution in [1.82, 2.24) is 10.2 Å². The average molecular weight is 451 g/mol. The fourth-order valence-corrected chi connectivity index (χ4v) is 5.14. The minimum absolute atomic E-state index is 0.278. The number of carbonyl (C=O) groups excluding carboxylic acids is 3. The van der Waals surface area contributed by atoms with Crippen LogP contribution in [0.2, 0.25) is 0 Å². The summed E-state index contributed by atoms with van der Waals surface area (Å²) in [6.45, 7) is 0.474. The number of hydrogen-bond donors (Lipinski definition) is 1. The van der Waals surface area contributed by atoms with Gasteiger partial charge in [0.1, 0.15) is 6.04 Å². The Morgan fingerprint density at radius 1 is 0.935 bits per heavy atom. The first-order chi connectivity index (χ1) is 15.1. The fraction of sp³-hybridized carbons (Fsp3) is 0.208. The highest BCUT2D eigenvalue weighted by Gasteiger charge is 2.42. The monoisotopic (exact) mass is 450 g/mol. The average Bonchev–Trinajstić information content (AvgIpc) is 3.40. The van der Waals surface area contributed by atoms with Gasteiger partial charge in [0, 0.05) is 24.5 Å². The Bertz CT molecular complexity index is 1030. The molecule has 1 atom stereocenters. The molecule has 1 aliphatic rings. The molecule has 4 rings (SSSR count). The van der Waals surface area contributed by atoms with Crippen molar-refractivity contribution in [1.29, 1.82) is 0 Å². The van der Waals surface area contributed by atoms with Gasteiger partial charge in [-0.1, -0.05) is 42.5 Å². The molecule has 158 valence electrons. The van der Waals surface area contributed by atoms with Crippen LogP contribution in [0, 0.1) is 0 Å². The third-order valence-electron chi connectivity index (χ3n) is 5.11.